The SMILES string of the molecule is C=C/C=C(\C=C(/C)SOC)C1(c2ccc(CC(C)C)cc2)C/C=C\C=C/Cc2ccccc21.CC.CC.CC(C)O. The molecule has 1 unspecified atom stereocenters. The number of hydrogen-bond donors (Lipinski definition) is 1. The summed E-state index contributed by atoms with van der Waals surface area (Å²) in [7, 11) is 1.71. The van der Waals surface area contributed by atoms with Gasteiger partial charge >= 0.3 is 0 Å². The molecule has 3 heteroatoms. The van der Waals surface area contributed by atoms with Crippen LogP contribution >= 0.6 is 12.0 Å². The molecule has 0 aliphatic heterocycles. The molecule has 2 aromatic carbocycles. The highest BCUT2D eigenvalue weighted by atomic mass is 32.2. The first-order valence-electron chi connectivity index (χ1n) is 15.1. The number of hydrogen-bond acceptors (Lipinski definition) is 3. The summed E-state index contributed by atoms with van der Waals surface area (Å²) in [6, 6.07) is 18.1. The van der Waals surface area contributed by atoms with Crippen molar-refractivity contribution in [1.82, 2.24) is 0 Å². The molecule has 0 fully saturated rings. The molecule has 2 nitrogen and oxygen atoms in total. The average molecular weight is 577 g/mol. The third-order valence-electron chi connectivity index (χ3n) is 6.08. The van der Waals surface area contributed by atoms with Crippen LogP contribution in [0.1, 0.15) is 91.0 Å². The molecule has 0 saturated heterocycles. The predicted octanol–water partition coefficient (Wildman–Crippen LogP) is 11.0. The van der Waals surface area contributed by atoms with Crippen LogP contribution < -0.4 is 0 Å². The van der Waals surface area contributed by atoms with Gasteiger partial charge < -0.3 is 9.29 Å². The van der Waals surface area contributed by atoms with Gasteiger partial charge in [0, 0.05) is 28.5 Å². The van der Waals surface area contributed by atoms with Crippen LogP contribution in [-0.2, 0) is 22.4 Å². The Morgan fingerprint density at radius 1 is 0.976 bits per heavy atom. The second kappa shape index (κ2) is 22.1. The lowest BCUT2D eigenvalue weighted by Crippen LogP contribution is -2.31. The van der Waals surface area contributed by atoms with Crippen molar-refractivity contribution in [2.24, 2.45) is 5.92 Å². The van der Waals surface area contributed by atoms with Crippen molar-refractivity contribution >= 4 is 12.0 Å². The van der Waals surface area contributed by atoms with Crippen molar-refractivity contribution < 1.29 is 9.29 Å². The molecular weight excluding hydrogens is 520 g/mol. The molecule has 2 aromatic rings. The van der Waals surface area contributed by atoms with E-state index in [1.54, 1.807) is 21.0 Å². The lowest BCUT2D eigenvalue weighted by atomic mass is 9.65. The summed E-state index contributed by atoms with van der Waals surface area (Å²) in [4.78, 5) is 1.11. The smallest absolute Gasteiger partial charge is 0.0508 e. The zero-order valence-electron chi connectivity index (χ0n) is 27.4. The van der Waals surface area contributed by atoms with Crippen LogP contribution in [0.4, 0.5) is 0 Å². The summed E-state index contributed by atoms with van der Waals surface area (Å²) in [5.74, 6) is 0.636. The van der Waals surface area contributed by atoms with Crippen LogP contribution in [0, 0.1) is 5.92 Å². The third kappa shape index (κ3) is 12.9. The van der Waals surface area contributed by atoms with E-state index in [1.165, 1.54) is 39.9 Å². The molecule has 0 heterocycles. The van der Waals surface area contributed by atoms with E-state index < -0.39 is 0 Å². The molecule has 0 spiro atoms. The molecule has 1 aliphatic carbocycles. The average Bonchev–Trinajstić information content (AvgIpc) is 3.04. The van der Waals surface area contributed by atoms with E-state index in [2.05, 4.69) is 112 Å². The molecule has 226 valence electrons. The first-order valence-corrected chi connectivity index (χ1v) is 15.9. The Bertz CT molecular complexity index is 1100. The number of rotatable bonds is 8. The largest absolute Gasteiger partial charge is 0.394 e. The predicted molar refractivity (Wildman–Crippen MR) is 185 cm³/mol. The van der Waals surface area contributed by atoms with E-state index in [4.69, 9.17) is 9.29 Å². The van der Waals surface area contributed by atoms with Gasteiger partial charge in [0.1, 0.15) is 0 Å². The second-order valence-corrected chi connectivity index (χ2v) is 11.2. The van der Waals surface area contributed by atoms with Gasteiger partial charge in [0.05, 0.1) is 7.11 Å². The summed E-state index contributed by atoms with van der Waals surface area (Å²) in [5, 5.41) is 8.06. The zero-order chi connectivity index (χ0) is 31.3. The molecule has 1 N–H and O–H groups in total. The summed E-state index contributed by atoms with van der Waals surface area (Å²) in [6.07, 6.45) is 17.9. The van der Waals surface area contributed by atoms with E-state index in [0.29, 0.717) is 5.92 Å². The maximum atomic E-state index is 8.06. The van der Waals surface area contributed by atoms with Crippen LogP contribution in [0.3, 0.4) is 0 Å². The number of fused-ring (bicyclic) bond motifs is 1. The fourth-order valence-corrected chi connectivity index (χ4v) is 5.18. The standard InChI is InChI=1S/C31H36OS.C3H8O.2C2H6/c1-6-13-29(23-25(4)33-32-5)31(28-19-17-26(18-20-28)22-24(2)3)21-12-8-7-9-14-27-15-10-11-16-30(27)31;1-3(2)4;2*1-2/h6-13,15-20,23-24H,1,14,21-22H2,2-5H3;3-4H,1-2H3;2*1-2H3/b9-7-,12-8-,25-23+,29-13+;;;. The first kappa shape index (κ1) is 38.4. The minimum Gasteiger partial charge on any atom is -0.394 e. The van der Waals surface area contributed by atoms with Gasteiger partial charge in [0.15, 0.2) is 0 Å². The fraction of sp³-hybridized carbons (Fsp3) is 0.421. The minimum absolute atomic E-state index is 0.167. The molecule has 3 rings (SSSR count). The highest BCUT2D eigenvalue weighted by molar-refractivity contribution is 7.98. The highest BCUT2D eigenvalue weighted by Gasteiger charge is 2.38. The Balaban J connectivity index is 0.00000180. The van der Waals surface area contributed by atoms with E-state index in [-0.39, 0.29) is 11.5 Å². The van der Waals surface area contributed by atoms with Crippen molar-refractivity contribution in [3.8, 4) is 0 Å². The van der Waals surface area contributed by atoms with Gasteiger partial charge in [-0.3, -0.25) is 0 Å². The minimum atomic E-state index is -0.334. The number of aliphatic hydroxyl groups is 1. The second-order valence-electron chi connectivity index (χ2n) is 10.1. The number of allylic oxidation sites excluding steroid dienone is 9. The van der Waals surface area contributed by atoms with Gasteiger partial charge in [-0.15, -0.1) is 0 Å². The van der Waals surface area contributed by atoms with Crippen LogP contribution in [0.15, 0.2) is 108 Å². The molecule has 0 aromatic heterocycles. The normalized spacial score (nSPS) is 18.1. The van der Waals surface area contributed by atoms with Crippen LogP contribution in [-0.4, -0.2) is 18.3 Å². The Morgan fingerprint density at radius 2 is 1.56 bits per heavy atom. The van der Waals surface area contributed by atoms with Crippen molar-refractivity contribution in [1.29, 1.82) is 0 Å². The van der Waals surface area contributed by atoms with E-state index in [1.807, 2.05) is 33.8 Å². The lowest BCUT2D eigenvalue weighted by Gasteiger charge is -2.38. The number of aliphatic hydroxyl groups excluding tert-OH is 1. The first-order chi connectivity index (χ1) is 19.7. The summed E-state index contributed by atoms with van der Waals surface area (Å²) < 4.78 is 5.37. The van der Waals surface area contributed by atoms with Gasteiger partial charge in [0.25, 0.3) is 0 Å². The summed E-state index contributed by atoms with van der Waals surface area (Å²) in [5.41, 5.74) is 6.26. The van der Waals surface area contributed by atoms with Gasteiger partial charge in [-0.05, 0) is 79.9 Å². The van der Waals surface area contributed by atoms with Gasteiger partial charge in [-0.2, -0.15) is 0 Å². The molecule has 0 saturated carbocycles. The Hall–Kier alpha value is -2.59. The topological polar surface area (TPSA) is 29.5 Å². The summed E-state index contributed by atoms with van der Waals surface area (Å²) >= 11 is 1.40. The maximum absolute atomic E-state index is 8.06. The monoisotopic (exact) mass is 576 g/mol. The van der Waals surface area contributed by atoms with Crippen molar-refractivity contribution in [2.45, 2.75) is 93.1 Å². The Morgan fingerprint density at radius 3 is 2.12 bits per heavy atom. The highest BCUT2D eigenvalue weighted by Crippen LogP contribution is 2.46. The fourth-order valence-electron chi connectivity index (χ4n) is 4.75. The van der Waals surface area contributed by atoms with Crippen LogP contribution in [0.2, 0.25) is 0 Å². The molecule has 0 amide bonds. The Labute approximate surface area is 257 Å². The van der Waals surface area contributed by atoms with Crippen LogP contribution in [0.5, 0.6) is 0 Å². The van der Waals surface area contributed by atoms with Crippen molar-refractivity contribution in [2.75, 3.05) is 7.11 Å². The van der Waals surface area contributed by atoms with Crippen molar-refractivity contribution in [3.63, 3.8) is 0 Å². The van der Waals surface area contributed by atoms with E-state index in [0.717, 1.165) is 24.2 Å². The molecule has 1 aliphatic rings. The zero-order valence-corrected chi connectivity index (χ0v) is 28.2. The molecule has 0 bridgehead atoms. The Kier molecular flexibility index (Phi) is 20.7. The number of benzene rings is 2. The van der Waals surface area contributed by atoms with Gasteiger partial charge in [-0.25, -0.2) is 0 Å². The molecule has 41 heavy (non-hydrogen) atoms. The third-order valence-corrected chi connectivity index (χ3v) is 6.62. The van der Waals surface area contributed by atoms with E-state index in [9.17, 15) is 0 Å². The van der Waals surface area contributed by atoms with Gasteiger partial charge in [-0.1, -0.05) is 133 Å². The lowest BCUT2D eigenvalue weighted by molar-refractivity contribution is 0.216. The summed E-state index contributed by atoms with van der Waals surface area (Å²) in [6.45, 7) is 22.2. The molecule has 1 atom stereocenters. The molecular formula is C38H56O2S. The van der Waals surface area contributed by atoms with Crippen molar-refractivity contribution in [3.05, 3.63) is 130 Å². The quantitative estimate of drug-likeness (QED) is 0.250. The van der Waals surface area contributed by atoms with Gasteiger partial charge in [0.2, 0.25) is 0 Å². The maximum Gasteiger partial charge on any atom is 0.0508 e. The van der Waals surface area contributed by atoms with E-state index >= 15 is 0 Å². The molecule has 0 radical (unpaired) electrons. The van der Waals surface area contributed by atoms with Crippen LogP contribution in [0.25, 0.3) is 0 Å².